The van der Waals surface area contributed by atoms with Crippen molar-refractivity contribution < 1.29 is 32.5 Å². The Morgan fingerprint density at radius 2 is 1.32 bits per heavy atom. The van der Waals surface area contributed by atoms with Gasteiger partial charge in [-0.15, -0.1) is 0 Å². The predicted octanol–water partition coefficient (Wildman–Crippen LogP) is 4.60. The van der Waals surface area contributed by atoms with Crippen molar-refractivity contribution in [1.82, 2.24) is 4.90 Å². The summed E-state index contributed by atoms with van der Waals surface area (Å²) in [6.45, 7) is 0.547. The molecule has 2 aromatic rings. The second-order valence-electron chi connectivity index (χ2n) is 8.82. The first-order valence-corrected chi connectivity index (χ1v) is 13.2. The van der Waals surface area contributed by atoms with Crippen LogP contribution in [0.2, 0.25) is 0 Å². The zero-order valence-electron chi connectivity index (χ0n) is 18.8. The van der Waals surface area contributed by atoms with E-state index in [0.717, 1.165) is 12.8 Å². The summed E-state index contributed by atoms with van der Waals surface area (Å²) >= 11 is 0. The average Bonchev–Trinajstić information content (AvgIpc) is 3.52. The standard InChI is InChI=1S/C25H28NO7P/c27-24-22-20-14-15-21(31-20)23(22)25(28)26(24)16-8-3-9-17-30-34(29,32-18-10-4-1-5-11-18)33-19-12-6-2-7-13-19/h1-2,4-7,10-13,20-23H,3,8-9,14-17H2/t20-,21+,22-,23+. The minimum Gasteiger partial charge on any atom is -0.395 e. The number of likely N-dealkylation sites (tertiary alicyclic amines) is 1. The minimum absolute atomic E-state index is 0.0875. The van der Waals surface area contributed by atoms with Crippen molar-refractivity contribution in [1.29, 1.82) is 0 Å². The quantitative estimate of drug-likeness (QED) is 0.261. The number of phosphoric acid groups is 1. The molecule has 3 fully saturated rings. The zero-order valence-corrected chi connectivity index (χ0v) is 19.7. The van der Waals surface area contributed by atoms with Crippen molar-refractivity contribution in [3.63, 3.8) is 0 Å². The monoisotopic (exact) mass is 485 g/mol. The summed E-state index contributed by atoms with van der Waals surface area (Å²) in [5.74, 6) is 0.0232. The van der Waals surface area contributed by atoms with Crippen molar-refractivity contribution in [2.75, 3.05) is 13.2 Å². The highest BCUT2D eigenvalue weighted by atomic mass is 31.2. The Bertz CT molecular complexity index is 990. The van der Waals surface area contributed by atoms with Crippen molar-refractivity contribution in [3.8, 4) is 11.5 Å². The number of benzene rings is 2. The highest BCUT2D eigenvalue weighted by Gasteiger charge is 2.62. The lowest BCUT2D eigenvalue weighted by Gasteiger charge is -2.19. The number of carbonyl (C=O) groups excluding carboxylic acids is 2. The summed E-state index contributed by atoms with van der Waals surface area (Å²) in [6, 6.07) is 17.5. The topological polar surface area (TPSA) is 91.4 Å². The van der Waals surface area contributed by atoms with Gasteiger partial charge in [-0.3, -0.25) is 19.0 Å². The average molecular weight is 485 g/mol. The minimum atomic E-state index is -3.90. The predicted molar refractivity (Wildman–Crippen MR) is 123 cm³/mol. The van der Waals surface area contributed by atoms with Crippen molar-refractivity contribution in [2.24, 2.45) is 11.8 Å². The number of ether oxygens (including phenoxy) is 1. The van der Waals surface area contributed by atoms with E-state index in [2.05, 4.69) is 0 Å². The van der Waals surface area contributed by atoms with Crippen LogP contribution in [0.5, 0.6) is 11.5 Å². The maximum absolute atomic E-state index is 13.3. The molecule has 2 bridgehead atoms. The molecule has 9 heteroatoms. The highest BCUT2D eigenvalue weighted by molar-refractivity contribution is 7.49. The number of hydrogen-bond donors (Lipinski definition) is 0. The zero-order chi connectivity index (χ0) is 23.5. The van der Waals surface area contributed by atoms with Gasteiger partial charge in [0, 0.05) is 6.54 Å². The molecule has 0 radical (unpaired) electrons. The molecule has 2 amide bonds. The van der Waals surface area contributed by atoms with E-state index in [4.69, 9.17) is 18.3 Å². The van der Waals surface area contributed by atoms with E-state index in [1.54, 1.807) is 48.5 Å². The van der Waals surface area contributed by atoms with Crippen LogP contribution in [0.4, 0.5) is 0 Å². The van der Waals surface area contributed by atoms with Crippen LogP contribution in [-0.4, -0.2) is 42.1 Å². The number of amides is 2. The Kier molecular flexibility index (Phi) is 6.73. The molecular formula is C25H28NO7P. The summed E-state index contributed by atoms with van der Waals surface area (Å²) < 4.78 is 35.8. The molecule has 3 aliphatic heterocycles. The van der Waals surface area contributed by atoms with Crippen LogP contribution in [0.15, 0.2) is 60.7 Å². The van der Waals surface area contributed by atoms with Gasteiger partial charge in [0.2, 0.25) is 11.8 Å². The molecule has 2 aromatic carbocycles. The molecule has 3 heterocycles. The first-order valence-electron chi connectivity index (χ1n) is 11.8. The molecule has 0 aliphatic carbocycles. The molecule has 0 unspecified atom stereocenters. The number of hydrogen-bond acceptors (Lipinski definition) is 7. The van der Waals surface area contributed by atoms with Gasteiger partial charge in [-0.2, -0.15) is 0 Å². The Balaban J connectivity index is 1.10. The number of nitrogens with zero attached hydrogens (tertiary/aromatic N) is 1. The van der Waals surface area contributed by atoms with Gasteiger partial charge in [0.1, 0.15) is 11.5 Å². The Morgan fingerprint density at radius 1 is 0.794 bits per heavy atom. The van der Waals surface area contributed by atoms with Crippen LogP contribution in [0.3, 0.4) is 0 Å². The Morgan fingerprint density at radius 3 is 1.85 bits per heavy atom. The molecule has 34 heavy (non-hydrogen) atoms. The van der Waals surface area contributed by atoms with Crippen LogP contribution >= 0.6 is 7.82 Å². The highest BCUT2D eigenvalue weighted by Crippen LogP contribution is 2.50. The van der Waals surface area contributed by atoms with E-state index in [0.29, 0.717) is 37.3 Å². The summed E-state index contributed by atoms with van der Waals surface area (Å²) in [6.07, 6.45) is 3.49. The summed E-state index contributed by atoms with van der Waals surface area (Å²) in [5, 5.41) is 0. The molecule has 0 saturated carbocycles. The number of carbonyl (C=O) groups is 2. The maximum Gasteiger partial charge on any atom is 0.587 e. The van der Waals surface area contributed by atoms with Crippen LogP contribution in [0.25, 0.3) is 0 Å². The van der Waals surface area contributed by atoms with Crippen LogP contribution in [0.1, 0.15) is 32.1 Å². The van der Waals surface area contributed by atoms with Gasteiger partial charge in [0.15, 0.2) is 0 Å². The number of para-hydroxylation sites is 2. The van der Waals surface area contributed by atoms with E-state index in [1.807, 2.05) is 12.1 Å². The van der Waals surface area contributed by atoms with Crippen LogP contribution < -0.4 is 9.05 Å². The van der Waals surface area contributed by atoms with Crippen molar-refractivity contribution in [2.45, 2.75) is 44.3 Å². The smallest absolute Gasteiger partial charge is 0.395 e. The van der Waals surface area contributed by atoms with Crippen LogP contribution in [-0.2, 0) is 23.4 Å². The largest absolute Gasteiger partial charge is 0.587 e. The SMILES string of the molecule is O=C1[C@@H]2[C@H](C(=O)N1CCCCCOP(=O)(Oc1ccccc1)Oc1ccccc1)[C@H]1CC[C@@H]2O1. The van der Waals surface area contributed by atoms with Gasteiger partial charge in [0.25, 0.3) is 0 Å². The number of rotatable bonds is 11. The normalized spacial score (nSPS) is 25.6. The Hall–Kier alpha value is -2.67. The summed E-state index contributed by atoms with van der Waals surface area (Å²) in [5.41, 5.74) is 0. The number of phosphoric ester groups is 1. The number of fused-ring (bicyclic) bond motifs is 5. The second kappa shape index (κ2) is 9.90. The van der Waals surface area contributed by atoms with E-state index in [1.165, 1.54) is 4.90 Å². The fourth-order valence-electron chi connectivity index (χ4n) is 5.01. The van der Waals surface area contributed by atoms with Gasteiger partial charge >= 0.3 is 7.82 Å². The van der Waals surface area contributed by atoms with Gasteiger partial charge in [-0.1, -0.05) is 36.4 Å². The molecule has 0 spiro atoms. The van der Waals surface area contributed by atoms with Crippen LogP contribution in [0, 0.1) is 11.8 Å². The van der Waals surface area contributed by atoms with Gasteiger partial charge in [-0.25, -0.2) is 4.57 Å². The first kappa shape index (κ1) is 23.1. The van der Waals surface area contributed by atoms with Crippen molar-refractivity contribution in [3.05, 3.63) is 60.7 Å². The van der Waals surface area contributed by atoms with E-state index in [9.17, 15) is 14.2 Å². The van der Waals surface area contributed by atoms with Crippen molar-refractivity contribution >= 4 is 19.6 Å². The Labute approximate surface area is 198 Å². The molecule has 180 valence electrons. The summed E-state index contributed by atoms with van der Waals surface area (Å²) in [4.78, 5) is 26.8. The lowest BCUT2D eigenvalue weighted by atomic mass is 9.81. The fraction of sp³-hybridized carbons (Fsp3) is 0.440. The van der Waals surface area contributed by atoms with Gasteiger partial charge in [0.05, 0.1) is 30.7 Å². The summed E-state index contributed by atoms with van der Waals surface area (Å²) in [7, 11) is -3.90. The third-order valence-electron chi connectivity index (χ3n) is 6.57. The van der Waals surface area contributed by atoms with Gasteiger partial charge < -0.3 is 13.8 Å². The molecule has 0 aromatic heterocycles. The fourth-order valence-corrected chi connectivity index (χ4v) is 6.27. The lowest BCUT2D eigenvalue weighted by Crippen LogP contribution is -2.35. The molecule has 0 N–H and O–H groups in total. The number of imide groups is 1. The molecule has 5 rings (SSSR count). The second-order valence-corrected chi connectivity index (χ2v) is 10.3. The van der Waals surface area contributed by atoms with E-state index < -0.39 is 7.82 Å². The number of unbranched alkanes of at least 4 members (excludes halogenated alkanes) is 2. The molecule has 4 atom stereocenters. The molecule has 3 aliphatic rings. The lowest BCUT2D eigenvalue weighted by molar-refractivity contribution is -0.142. The molecule has 8 nitrogen and oxygen atoms in total. The maximum atomic E-state index is 13.3. The van der Waals surface area contributed by atoms with Gasteiger partial charge in [-0.05, 0) is 56.4 Å². The molecule has 3 saturated heterocycles. The third-order valence-corrected chi connectivity index (χ3v) is 7.94. The third kappa shape index (κ3) is 4.76. The van der Waals surface area contributed by atoms with E-state index in [-0.39, 0.29) is 42.5 Å². The van der Waals surface area contributed by atoms with E-state index >= 15 is 0 Å². The molecular weight excluding hydrogens is 457 g/mol. The first-order chi connectivity index (χ1) is 16.5.